The van der Waals surface area contributed by atoms with Gasteiger partial charge in [0.25, 0.3) is 0 Å². The Bertz CT molecular complexity index is 576. The molecule has 2 nitrogen and oxygen atoms in total. The molecule has 1 fully saturated rings. The Balaban J connectivity index is 1.90. The molecule has 1 N–H and O–H groups in total. The Labute approximate surface area is 116 Å². The maximum absolute atomic E-state index is 4.52. The van der Waals surface area contributed by atoms with Crippen LogP contribution in [0.3, 0.4) is 0 Å². The van der Waals surface area contributed by atoms with Crippen LogP contribution < -0.4 is 5.32 Å². The summed E-state index contributed by atoms with van der Waals surface area (Å²) in [5, 5.41) is 4.86. The molecule has 1 aromatic heterocycles. The average molecular weight is 305 g/mol. The standard InChI is InChI=1S/C15H17BrN2/c1-15(7-3-8-15)18-10-11-5-6-13(16)12-4-2-9-17-14(11)12/h2,4-6,9,18H,3,7-8,10H2,1H3. The predicted octanol–water partition coefficient (Wildman–Crippen LogP) is 4.03. The van der Waals surface area contributed by atoms with Gasteiger partial charge in [-0.1, -0.05) is 28.1 Å². The molecule has 1 saturated carbocycles. The Morgan fingerprint density at radius 2 is 2.17 bits per heavy atom. The van der Waals surface area contributed by atoms with E-state index in [2.05, 4.69) is 51.4 Å². The Morgan fingerprint density at radius 1 is 1.33 bits per heavy atom. The molecular formula is C15H17BrN2. The van der Waals surface area contributed by atoms with Crippen molar-refractivity contribution in [3.05, 3.63) is 40.5 Å². The largest absolute Gasteiger partial charge is 0.307 e. The number of fused-ring (bicyclic) bond motifs is 1. The molecule has 1 aliphatic carbocycles. The molecule has 3 heteroatoms. The second-order valence-corrected chi connectivity index (χ2v) is 6.23. The van der Waals surface area contributed by atoms with Gasteiger partial charge in [-0.05, 0) is 43.9 Å². The maximum atomic E-state index is 4.52. The molecule has 0 saturated heterocycles. The zero-order chi connectivity index (χ0) is 12.6. The van der Waals surface area contributed by atoms with E-state index in [1.54, 1.807) is 0 Å². The van der Waals surface area contributed by atoms with Gasteiger partial charge >= 0.3 is 0 Å². The summed E-state index contributed by atoms with van der Waals surface area (Å²) in [6.45, 7) is 3.21. The highest BCUT2D eigenvalue weighted by Crippen LogP contribution is 2.32. The van der Waals surface area contributed by atoms with Crippen molar-refractivity contribution in [2.24, 2.45) is 0 Å². The minimum atomic E-state index is 0.341. The van der Waals surface area contributed by atoms with Crippen molar-refractivity contribution >= 4 is 26.8 Å². The SMILES string of the molecule is CC1(NCc2ccc(Br)c3cccnc23)CCC1. The number of aromatic nitrogens is 1. The summed E-state index contributed by atoms with van der Waals surface area (Å²) in [5.41, 5.74) is 2.72. The third-order valence-electron chi connectivity index (χ3n) is 3.96. The molecule has 18 heavy (non-hydrogen) atoms. The minimum Gasteiger partial charge on any atom is -0.307 e. The first-order chi connectivity index (χ1) is 8.68. The van der Waals surface area contributed by atoms with E-state index in [0.29, 0.717) is 5.54 Å². The Kier molecular flexibility index (Phi) is 3.12. The number of nitrogens with zero attached hydrogens (tertiary/aromatic N) is 1. The number of pyridine rings is 1. The van der Waals surface area contributed by atoms with E-state index in [4.69, 9.17) is 0 Å². The van der Waals surface area contributed by atoms with Crippen LogP contribution in [0.1, 0.15) is 31.7 Å². The molecule has 0 unspecified atom stereocenters. The van der Waals surface area contributed by atoms with Crippen molar-refractivity contribution in [1.29, 1.82) is 0 Å². The van der Waals surface area contributed by atoms with Crippen LogP contribution in [0.2, 0.25) is 0 Å². The van der Waals surface area contributed by atoms with Crippen LogP contribution in [0.25, 0.3) is 10.9 Å². The third kappa shape index (κ3) is 2.17. The van der Waals surface area contributed by atoms with Gasteiger partial charge in [-0.25, -0.2) is 0 Å². The van der Waals surface area contributed by atoms with Crippen LogP contribution in [0.5, 0.6) is 0 Å². The van der Waals surface area contributed by atoms with E-state index in [0.717, 1.165) is 16.5 Å². The van der Waals surface area contributed by atoms with Crippen molar-refractivity contribution in [3.63, 3.8) is 0 Å². The number of hydrogen-bond donors (Lipinski definition) is 1. The monoisotopic (exact) mass is 304 g/mol. The van der Waals surface area contributed by atoms with E-state index >= 15 is 0 Å². The molecule has 1 heterocycles. The molecule has 0 bridgehead atoms. The van der Waals surface area contributed by atoms with Gasteiger partial charge in [0, 0.05) is 28.1 Å². The van der Waals surface area contributed by atoms with Gasteiger partial charge in [0.1, 0.15) is 0 Å². The Hall–Kier alpha value is -0.930. The lowest BCUT2D eigenvalue weighted by Crippen LogP contribution is -2.47. The van der Waals surface area contributed by atoms with Gasteiger partial charge in [-0.2, -0.15) is 0 Å². The molecule has 0 radical (unpaired) electrons. The van der Waals surface area contributed by atoms with Gasteiger partial charge in [-0.3, -0.25) is 4.98 Å². The van der Waals surface area contributed by atoms with Crippen LogP contribution >= 0.6 is 15.9 Å². The summed E-state index contributed by atoms with van der Waals surface area (Å²) in [6.07, 6.45) is 5.79. The molecular weight excluding hydrogens is 288 g/mol. The zero-order valence-corrected chi connectivity index (χ0v) is 12.1. The van der Waals surface area contributed by atoms with Crippen molar-refractivity contribution < 1.29 is 0 Å². The summed E-state index contributed by atoms with van der Waals surface area (Å²) in [5.74, 6) is 0. The number of hydrogen-bond acceptors (Lipinski definition) is 2. The smallest absolute Gasteiger partial charge is 0.0758 e. The summed E-state index contributed by atoms with van der Waals surface area (Å²) >= 11 is 3.59. The van der Waals surface area contributed by atoms with Crippen LogP contribution in [-0.4, -0.2) is 10.5 Å². The topological polar surface area (TPSA) is 24.9 Å². The fraction of sp³-hybridized carbons (Fsp3) is 0.400. The molecule has 0 aliphatic heterocycles. The van der Waals surface area contributed by atoms with Crippen molar-refractivity contribution in [1.82, 2.24) is 10.3 Å². The lowest BCUT2D eigenvalue weighted by molar-refractivity contribution is 0.207. The Morgan fingerprint density at radius 3 is 2.89 bits per heavy atom. The van der Waals surface area contributed by atoms with Crippen molar-refractivity contribution in [2.45, 2.75) is 38.3 Å². The normalized spacial score (nSPS) is 17.7. The average Bonchev–Trinajstić information content (AvgIpc) is 2.36. The highest BCUT2D eigenvalue weighted by Gasteiger charge is 2.30. The second kappa shape index (κ2) is 4.63. The van der Waals surface area contributed by atoms with Gasteiger partial charge in [-0.15, -0.1) is 0 Å². The molecule has 0 spiro atoms. The fourth-order valence-corrected chi connectivity index (χ4v) is 2.98. The van der Waals surface area contributed by atoms with Crippen molar-refractivity contribution in [2.75, 3.05) is 0 Å². The van der Waals surface area contributed by atoms with E-state index in [1.807, 2.05) is 12.3 Å². The summed E-state index contributed by atoms with van der Waals surface area (Å²) < 4.78 is 1.12. The van der Waals surface area contributed by atoms with Gasteiger partial charge in [0.2, 0.25) is 0 Å². The van der Waals surface area contributed by atoms with Gasteiger partial charge in [0.15, 0.2) is 0 Å². The van der Waals surface area contributed by atoms with Crippen LogP contribution in [-0.2, 0) is 6.54 Å². The molecule has 3 rings (SSSR count). The summed E-state index contributed by atoms with van der Waals surface area (Å²) in [4.78, 5) is 4.52. The number of nitrogens with one attached hydrogen (secondary N) is 1. The van der Waals surface area contributed by atoms with Gasteiger partial charge in [0.05, 0.1) is 5.52 Å². The molecule has 1 aromatic carbocycles. The number of halogens is 1. The highest BCUT2D eigenvalue weighted by atomic mass is 79.9. The predicted molar refractivity (Wildman–Crippen MR) is 78.5 cm³/mol. The molecule has 2 aromatic rings. The first-order valence-electron chi connectivity index (χ1n) is 6.45. The minimum absolute atomic E-state index is 0.341. The van der Waals surface area contributed by atoms with Gasteiger partial charge < -0.3 is 5.32 Å². The molecule has 94 valence electrons. The zero-order valence-electron chi connectivity index (χ0n) is 10.5. The first kappa shape index (κ1) is 12.1. The van der Waals surface area contributed by atoms with Crippen LogP contribution in [0.15, 0.2) is 34.9 Å². The number of rotatable bonds is 3. The highest BCUT2D eigenvalue weighted by molar-refractivity contribution is 9.10. The van der Waals surface area contributed by atoms with E-state index in [9.17, 15) is 0 Å². The third-order valence-corrected chi connectivity index (χ3v) is 4.65. The quantitative estimate of drug-likeness (QED) is 0.926. The summed E-state index contributed by atoms with van der Waals surface area (Å²) in [7, 11) is 0. The summed E-state index contributed by atoms with van der Waals surface area (Å²) in [6, 6.07) is 8.37. The lowest BCUT2D eigenvalue weighted by atomic mass is 9.78. The first-order valence-corrected chi connectivity index (χ1v) is 7.24. The van der Waals surface area contributed by atoms with E-state index in [-0.39, 0.29) is 0 Å². The van der Waals surface area contributed by atoms with Crippen LogP contribution in [0.4, 0.5) is 0 Å². The van der Waals surface area contributed by atoms with E-state index < -0.39 is 0 Å². The molecule has 1 aliphatic rings. The maximum Gasteiger partial charge on any atom is 0.0758 e. The molecule has 0 atom stereocenters. The fourth-order valence-electron chi connectivity index (χ4n) is 2.53. The van der Waals surface area contributed by atoms with Crippen LogP contribution in [0, 0.1) is 0 Å². The molecule has 0 amide bonds. The van der Waals surface area contributed by atoms with E-state index in [1.165, 1.54) is 30.2 Å². The number of benzene rings is 1. The second-order valence-electron chi connectivity index (χ2n) is 5.37. The van der Waals surface area contributed by atoms with Crippen molar-refractivity contribution in [3.8, 4) is 0 Å². The lowest BCUT2D eigenvalue weighted by Gasteiger charge is -2.39.